The van der Waals surface area contributed by atoms with E-state index in [9.17, 15) is 9.59 Å². The van der Waals surface area contributed by atoms with E-state index in [2.05, 4.69) is 20.7 Å². The minimum absolute atomic E-state index is 0.00355. The number of aromatic nitrogens is 3. The van der Waals surface area contributed by atoms with Gasteiger partial charge in [-0.1, -0.05) is 11.6 Å². The predicted molar refractivity (Wildman–Crippen MR) is 85.7 cm³/mol. The van der Waals surface area contributed by atoms with Crippen molar-refractivity contribution in [2.45, 2.75) is 32.4 Å². The van der Waals surface area contributed by atoms with Gasteiger partial charge in [-0.05, 0) is 31.5 Å². The average Bonchev–Trinajstić information content (AvgIpc) is 2.94. The second kappa shape index (κ2) is 6.37. The highest BCUT2D eigenvalue weighted by Gasteiger charge is 2.21. The molecule has 3 rings (SSSR count). The van der Waals surface area contributed by atoms with Crippen molar-refractivity contribution in [1.29, 1.82) is 0 Å². The Kier molecular flexibility index (Phi) is 4.29. The molecule has 0 aliphatic carbocycles. The molecule has 1 aliphatic heterocycles. The maximum absolute atomic E-state index is 12.1. The van der Waals surface area contributed by atoms with E-state index in [1.54, 1.807) is 22.9 Å². The van der Waals surface area contributed by atoms with Crippen LogP contribution in [0.3, 0.4) is 0 Å². The molecule has 0 saturated heterocycles. The van der Waals surface area contributed by atoms with Crippen molar-refractivity contribution >= 4 is 29.1 Å². The quantitative estimate of drug-likeness (QED) is 0.843. The Bertz CT molecular complexity index is 758. The van der Waals surface area contributed by atoms with E-state index >= 15 is 0 Å². The molecule has 1 aromatic carbocycles. The molecule has 23 heavy (non-hydrogen) atoms. The summed E-state index contributed by atoms with van der Waals surface area (Å²) in [7, 11) is 0. The van der Waals surface area contributed by atoms with Gasteiger partial charge in [0, 0.05) is 17.7 Å². The van der Waals surface area contributed by atoms with Crippen LogP contribution in [0, 0.1) is 0 Å². The largest absolute Gasteiger partial charge is 0.333 e. The highest BCUT2D eigenvalue weighted by atomic mass is 35.5. The predicted octanol–water partition coefficient (Wildman–Crippen LogP) is 2.27. The second-order valence-electron chi connectivity index (χ2n) is 5.44. The summed E-state index contributed by atoms with van der Waals surface area (Å²) in [6, 6.07) is 4.50. The summed E-state index contributed by atoms with van der Waals surface area (Å²) < 4.78 is 1.80. The topological polar surface area (TPSA) is 88.9 Å². The van der Waals surface area contributed by atoms with Crippen molar-refractivity contribution < 1.29 is 9.59 Å². The van der Waals surface area contributed by atoms with Crippen molar-refractivity contribution in [2.75, 3.05) is 5.32 Å². The molecule has 2 aromatic rings. The summed E-state index contributed by atoms with van der Waals surface area (Å²) in [5.74, 6) is 0.826. The number of aryl methyl sites for hydroxylation is 1. The molecule has 1 atom stereocenters. The smallest absolute Gasteiger partial charge is 0.319 e. The summed E-state index contributed by atoms with van der Waals surface area (Å²) in [5, 5.41) is 10.1. The van der Waals surface area contributed by atoms with Gasteiger partial charge in [-0.2, -0.15) is 5.10 Å². The number of nitrogens with one attached hydrogen (secondary N) is 2. The highest BCUT2D eigenvalue weighted by Crippen LogP contribution is 2.21. The van der Waals surface area contributed by atoms with Gasteiger partial charge in [0.25, 0.3) is 0 Å². The van der Waals surface area contributed by atoms with Crippen molar-refractivity contribution in [1.82, 2.24) is 20.1 Å². The van der Waals surface area contributed by atoms with Crippen LogP contribution in [0.4, 0.5) is 10.5 Å². The molecule has 0 radical (unpaired) electrons. The van der Waals surface area contributed by atoms with E-state index in [-0.39, 0.29) is 17.9 Å². The van der Waals surface area contributed by atoms with Crippen molar-refractivity contribution in [2.24, 2.45) is 0 Å². The fourth-order valence-electron chi connectivity index (χ4n) is 2.59. The van der Waals surface area contributed by atoms with Crippen LogP contribution in [-0.2, 0) is 13.0 Å². The van der Waals surface area contributed by atoms with E-state index in [0.29, 0.717) is 22.8 Å². The van der Waals surface area contributed by atoms with Crippen molar-refractivity contribution in [3.8, 4) is 0 Å². The number of rotatable bonds is 3. The van der Waals surface area contributed by atoms with Gasteiger partial charge < -0.3 is 10.6 Å². The lowest BCUT2D eigenvalue weighted by atomic mass is 10.1. The molecule has 1 aromatic heterocycles. The Labute approximate surface area is 138 Å². The lowest BCUT2D eigenvalue weighted by Crippen LogP contribution is -2.43. The van der Waals surface area contributed by atoms with Gasteiger partial charge in [0.05, 0.1) is 17.6 Å². The first-order valence-corrected chi connectivity index (χ1v) is 7.65. The molecule has 8 heteroatoms. The number of hydrogen-bond donors (Lipinski definition) is 2. The highest BCUT2D eigenvalue weighted by molar-refractivity contribution is 6.34. The van der Waals surface area contributed by atoms with E-state index in [4.69, 9.17) is 11.6 Å². The number of anilines is 1. The Morgan fingerprint density at radius 2 is 2.22 bits per heavy atom. The molecule has 1 aliphatic rings. The standard InChI is InChI=1S/C15H16ClN5O2/c1-9(22)12-4-2-10(6-13(12)16)19-15(23)20-11-3-5-14-17-8-18-21(14)7-11/h2,4,6,8,11H,3,5,7H2,1H3,(H2,19,20,23). The molecule has 1 unspecified atom stereocenters. The SMILES string of the molecule is CC(=O)c1ccc(NC(=O)NC2CCc3ncnn3C2)cc1Cl. The summed E-state index contributed by atoms with van der Waals surface area (Å²) >= 11 is 6.03. The molecule has 2 heterocycles. The fraction of sp³-hybridized carbons (Fsp3) is 0.333. The zero-order valence-electron chi connectivity index (χ0n) is 12.5. The first-order valence-electron chi connectivity index (χ1n) is 7.27. The third-order valence-corrected chi connectivity index (χ3v) is 4.06. The maximum Gasteiger partial charge on any atom is 0.319 e. The van der Waals surface area contributed by atoms with Crippen LogP contribution in [0.5, 0.6) is 0 Å². The number of urea groups is 1. The lowest BCUT2D eigenvalue weighted by Gasteiger charge is -2.23. The average molecular weight is 334 g/mol. The number of ketones is 1. The van der Waals surface area contributed by atoms with Gasteiger partial charge >= 0.3 is 6.03 Å². The van der Waals surface area contributed by atoms with Crippen LogP contribution in [-0.4, -0.2) is 32.6 Å². The Morgan fingerprint density at radius 3 is 2.96 bits per heavy atom. The number of hydrogen-bond acceptors (Lipinski definition) is 4. The summed E-state index contributed by atoms with van der Waals surface area (Å²) in [5.41, 5.74) is 0.971. The van der Waals surface area contributed by atoms with E-state index in [1.165, 1.54) is 13.3 Å². The van der Waals surface area contributed by atoms with Gasteiger partial charge in [-0.25, -0.2) is 14.5 Å². The van der Waals surface area contributed by atoms with Gasteiger partial charge in [0.1, 0.15) is 12.2 Å². The Balaban J connectivity index is 1.60. The molecule has 2 N–H and O–H groups in total. The monoisotopic (exact) mass is 333 g/mol. The second-order valence-corrected chi connectivity index (χ2v) is 5.85. The summed E-state index contributed by atoms with van der Waals surface area (Å²) in [6.45, 7) is 2.05. The van der Waals surface area contributed by atoms with Crippen LogP contribution in [0.1, 0.15) is 29.5 Å². The first kappa shape index (κ1) is 15.5. The summed E-state index contributed by atoms with van der Waals surface area (Å²) in [6.07, 6.45) is 3.12. The lowest BCUT2D eigenvalue weighted by molar-refractivity contribution is 0.101. The van der Waals surface area contributed by atoms with Gasteiger partial charge in [-0.3, -0.25) is 4.79 Å². The van der Waals surface area contributed by atoms with Gasteiger partial charge in [0.2, 0.25) is 0 Å². The molecule has 0 fully saturated rings. The van der Waals surface area contributed by atoms with Crippen LogP contribution in [0.2, 0.25) is 5.02 Å². The number of benzene rings is 1. The zero-order valence-corrected chi connectivity index (χ0v) is 13.3. The van der Waals surface area contributed by atoms with Gasteiger partial charge in [-0.15, -0.1) is 0 Å². The number of fused-ring (bicyclic) bond motifs is 1. The van der Waals surface area contributed by atoms with Crippen molar-refractivity contribution in [3.05, 3.63) is 40.9 Å². The maximum atomic E-state index is 12.1. The summed E-state index contributed by atoms with van der Waals surface area (Å²) in [4.78, 5) is 27.6. The zero-order chi connectivity index (χ0) is 16.4. The van der Waals surface area contributed by atoms with Crippen LogP contribution < -0.4 is 10.6 Å². The molecule has 2 amide bonds. The minimum Gasteiger partial charge on any atom is -0.333 e. The Hall–Kier alpha value is -2.41. The minimum atomic E-state index is -0.315. The number of Topliss-reactive ketones (excluding diaryl/α,β-unsaturated/α-hetero) is 1. The number of amides is 2. The molecule has 120 valence electrons. The van der Waals surface area contributed by atoms with E-state index < -0.39 is 0 Å². The molecule has 0 spiro atoms. The molecule has 0 saturated carbocycles. The van der Waals surface area contributed by atoms with Crippen LogP contribution in [0.25, 0.3) is 0 Å². The van der Waals surface area contributed by atoms with Crippen molar-refractivity contribution in [3.63, 3.8) is 0 Å². The molecular weight excluding hydrogens is 318 g/mol. The fourth-order valence-corrected chi connectivity index (χ4v) is 2.90. The first-order chi connectivity index (χ1) is 11.0. The third kappa shape index (κ3) is 3.50. The number of carbonyl (C=O) groups excluding carboxylic acids is 2. The van der Waals surface area contributed by atoms with Gasteiger partial charge in [0.15, 0.2) is 5.78 Å². The van der Waals surface area contributed by atoms with E-state index in [0.717, 1.165) is 18.7 Å². The van der Waals surface area contributed by atoms with Crippen LogP contribution >= 0.6 is 11.6 Å². The third-order valence-electron chi connectivity index (χ3n) is 3.75. The molecular formula is C15H16ClN5O2. The number of nitrogens with zero attached hydrogens (tertiary/aromatic N) is 3. The normalized spacial score (nSPS) is 16.5. The Morgan fingerprint density at radius 1 is 1.39 bits per heavy atom. The number of halogens is 1. The van der Waals surface area contributed by atoms with E-state index in [1.807, 2.05) is 0 Å². The molecule has 7 nitrogen and oxygen atoms in total. The van der Waals surface area contributed by atoms with Crippen LogP contribution in [0.15, 0.2) is 24.5 Å². The number of carbonyl (C=O) groups is 2. The molecule has 0 bridgehead atoms.